The van der Waals surface area contributed by atoms with Gasteiger partial charge in [-0.3, -0.25) is 9.59 Å². The zero-order valence-electron chi connectivity index (χ0n) is 12.1. The van der Waals surface area contributed by atoms with Crippen LogP contribution < -0.4 is 0 Å². The lowest BCUT2D eigenvalue weighted by molar-refractivity contribution is -0.161. The molecule has 0 aromatic rings. The second-order valence-corrected chi connectivity index (χ2v) is 7.75. The minimum absolute atomic E-state index is 0.0459. The van der Waals surface area contributed by atoms with E-state index in [0.29, 0.717) is 13.0 Å². The highest BCUT2D eigenvalue weighted by Gasteiger charge is 2.52. The van der Waals surface area contributed by atoms with Gasteiger partial charge < -0.3 is 14.5 Å². The van der Waals surface area contributed by atoms with Crippen molar-refractivity contribution in [2.45, 2.75) is 24.6 Å². The normalized spacial score (nSPS) is 34.1. The standard InChI is InChI=1S/C12H19N3O5S/c1-20-8-5-9-11(16)14-4-3-13(21(2,18)19)7-10(14)12(17)15(9)6-8/h8-10H,3-7H2,1-2H3. The Balaban J connectivity index is 1.85. The van der Waals surface area contributed by atoms with Gasteiger partial charge in [-0.15, -0.1) is 0 Å². The molecule has 3 unspecified atom stereocenters. The van der Waals surface area contributed by atoms with Gasteiger partial charge >= 0.3 is 0 Å². The predicted molar refractivity (Wildman–Crippen MR) is 72.8 cm³/mol. The minimum atomic E-state index is -3.35. The van der Waals surface area contributed by atoms with Crippen LogP contribution in [-0.4, -0.2) is 92.1 Å². The molecule has 3 aliphatic heterocycles. The van der Waals surface area contributed by atoms with Crippen molar-refractivity contribution in [3.63, 3.8) is 0 Å². The monoisotopic (exact) mass is 317 g/mol. The maximum atomic E-state index is 12.6. The van der Waals surface area contributed by atoms with Crippen molar-refractivity contribution >= 4 is 21.8 Å². The Morgan fingerprint density at radius 3 is 2.33 bits per heavy atom. The van der Waals surface area contributed by atoms with Gasteiger partial charge in [-0.25, -0.2) is 8.42 Å². The smallest absolute Gasteiger partial charge is 0.247 e. The molecule has 0 spiro atoms. The van der Waals surface area contributed by atoms with E-state index < -0.39 is 22.1 Å². The molecule has 3 fully saturated rings. The van der Waals surface area contributed by atoms with Gasteiger partial charge in [0.2, 0.25) is 21.8 Å². The molecule has 3 atom stereocenters. The maximum absolute atomic E-state index is 12.6. The van der Waals surface area contributed by atoms with Gasteiger partial charge in [-0.2, -0.15) is 4.31 Å². The molecule has 0 N–H and O–H groups in total. The van der Waals surface area contributed by atoms with Crippen LogP contribution in [0.5, 0.6) is 0 Å². The topological polar surface area (TPSA) is 87.2 Å². The molecule has 3 rings (SSSR count). The summed E-state index contributed by atoms with van der Waals surface area (Å²) in [6, 6.07) is -1.16. The van der Waals surface area contributed by atoms with E-state index in [1.54, 1.807) is 12.0 Å². The predicted octanol–water partition coefficient (Wildman–Crippen LogP) is -1.91. The summed E-state index contributed by atoms with van der Waals surface area (Å²) < 4.78 is 29.8. The first-order valence-corrected chi connectivity index (χ1v) is 8.76. The third-order valence-electron chi connectivity index (χ3n) is 4.54. The molecule has 3 saturated heterocycles. The lowest BCUT2D eigenvalue weighted by Gasteiger charge is -2.46. The van der Waals surface area contributed by atoms with Gasteiger partial charge in [0.15, 0.2) is 0 Å². The van der Waals surface area contributed by atoms with Gasteiger partial charge in [-0.1, -0.05) is 0 Å². The molecule has 0 aromatic carbocycles. The Kier molecular flexibility index (Phi) is 3.45. The van der Waals surface area contributed by atoms with Crippen molar-refractivity contribution in [2.75, 3.05) is 39.5 Å². The van der Waals surface area contributed by atoms with Crippen LogP contribution in [0.4, 0.5) is 0 Å². The number of hydrogen-bond donors (Lipinski definition) is 0. The Labute approximate surface area is 123 Å². The summed E-state index contributed by atoms with van der Waals surface area (Å²) in [5.41, 5.74) is 0. The first-order chi connectivity index (χ1) is 9.82. The highest BCUT2D eigenvalue weighted by molar-refractivity contribution is 7.88. The number of amides is 2. The highest BCUT2D eigenvalue weighted by Crippen LogP contribution is 2.30. The SMILES string of the molecule is COC1CC2C(=O)N3CCN(S(C)(=O)=O)CC3C(=O)N2C1. The molecule has 0 bridgehead atoms. The zero-order valence-corrected chi connectivity index (χ0v) is 12.9. The van der Waals surface area contributed by atoms with Gasteiger partial charge in [0.25, 0.3) is 0 Å². The first kappa shape index (κ1) is 14.7. The largest absolute Gasteiger partial charge is 0.380 e. The van der Waals surface area contributed by atoms with Crippen LogP contribution in [0.25, 0.3) is 0 Å². The quantitative estimate of drug-likeness (QED) is 0.593. The van der Waals surface area contributed by atoms with E-state index >= 15 is 0 Å². The summed E-state index contributed by atoms with van der Waals surface area (Å²) in [4.78, 5) is 28.2. The fraction of sp³-hybridized carbons (Fsp3) is 0.833. The van der Waals surface area contributed by atoms with Crippen molar-refractivity contribution in [1.29, 1.82) is 0 Å². The average molecular weight is 317 g/mol. The highest BCUT2D eigenvalue weighted by atomic mass is 32.2. The lowest BCUT2D eigenvalue weighted by atomic mass is 10.0. The number of hydrogen-bond acceptors (Lipinski definition) is 5. The summed E-state index contributed by atoms with van der Waals surface area (Å²) in [6.07, 6.45) is 1.51. The van der Waals surface area contributed by atoms with E-state index in [9.17, 15) is 18.0 Å². The van der Waals surface area contributed by atoms with Crippen LogP contribution in [0.3, 0.4) is 0 Å². The summed E-state index contributed by atoms with van der Waals surface area (Å²) in [6.45, 7) is 0.957. The molecular weight excluding hydrogens is 298 g/mol. The summed E-state index contributed by atoms with van der Waals surface area (Å²) >= 11 is 0. The molecule has 3 aliphatic rings. The minimum Gasteiger partial charge on any atom is -0.380 e. The summed E-state index contributed by atoms with van der Waals surface area (Å²) in [7, 11) is -1.79. The fourth-order valence-corrected chi connectivity index (χ4v) is 4.19. The number of rotatable bonds is 2. The molecule has 0 aliphatic carbocycles. The number of sulfonamides is 1. The number of nitrogens with zero attached hydrogens (tertiary/aromatic N) is 3. The van der Waals surface area contributed by atoms with Crippen molar-refractivity contribution in [1.82, 2.24) is 14.1 Å². The number of ether oxygens (including phenoxy) is 1. The van der Waals surface area contributed by atoms with Crippen LogP contribution in [0.2, 0.25) is 0 Å². The van der Waals surface area contributed by atoms with Crippen molar-refractivity contribution in [2.24, 2.45) is 0 Å². The number of fused-ring (bicyclic) bond motifs is 2. The third kappa shape index (κ3) is 2.33. The van der Waals surface area contributed by atoms with E-state index in [-0.39, 0.29) is 37.6 Å². The van der Waals surface area contributed by atoms with Crippen LogP contribution in [0.15, 0.2) is 0 Å². The van der Waals surface area contributed by atoms with Crippen molar-refractivity contribution < 1.29 is 22.7 Å². The van der Waals surface area contributed by atoms with E-state index in [1.165, 1.54) is 9.21 Å². The van der Waals surface area contributed by atoms with E-state index in [1.807, 2.05) is 0 Å². The average Bonchev–Trinajstić information content (AvgIpc) is 2.88. The Hall–Kier alpha value is -1.19. The van der Waals surface area contributed by atoms with Crippen molar-refractivity contribution in [3.8, 4) is 0 Å². The second-order valence-electron chi connectivity index (χ2n) is 5.77. The van der Waals surface area contributed by atoms with E-state index in [2.05, 4.69) is 0 Å². The summed E-state index contributed by atoms with van der Waals surface area (Å²) in [5, 5.41) is 0. The Bertz CT molecular complexity index is 577. The van der Waals surface area contributed by atoms with Crippen LogP contribution in [0.1, 0.15) is 6.42 Å². The molecule has 3 heterocycles. The Morgan fingerprint density at radius 2 is 1.71 bits per heavy atom. The molecule has 0 saturated carbocycles. The molecule has 118 valence electrons. The van der Waals surface area contributed by atoms with Gasteiger partial charge in [0, 0.05) is 39.7 Å². The maximum Gasteiger partial charge on any atom is 0.247 e. The number of carbonyl (C=O) groups is 2. The molecule has 21 heavy (non-hydrogen) atoms. The number of methoxy groups -OCH3 is 1. The first-order valence-electron chi connectivity index (χ1n) is 6.92. The third-order valence-corrected chi connectivity index (χ3v) is 5.81. The van der Waals surface area contributed by atoms with E-state index in [4.69, 9.17) is 4.74 Å². The second kappa shape index (κ2) is 4.92. The van der Waals surface area contributed by atoms with Crippen LogP contribution >= 0.6 is 0 Å². The lowest BCUT2D eigenvalue weighted by Crippen LogP contribution is -2.69. The van der Waals surface area contributed by atoms with Gasteiger partial charge in [0.05, 0.1) is 12.4 Å². The molecule has 0 aromatic heterocycles. The van der Waals surface area contributed by atoms with Crippen molar-refractivity contribution in [3.05, 3.63) is 0 Å². The zero-order chi connectivity index (χ0) is 15.4. The number of piperazine rings is 2. The van der Waals surface area contributed by atoms with Crippen LogP contribution in [0, 0.1) is 0 Å². The molecule has 2 amide bonds. The summed E-state index contributed by atoms with van der Waals surface area (Å²) in [5.74, 6) is -0.264. The van der Waals surface area contributed by atoms with Gasteiger partial charge in [0.1, 0.15) is 12.1 Å². The fourth-order valence-electron chi connectivity index (χ4n) is 3.36. The Morgan fingerprint density at radius 1 is 1.05 bits per heavy atom. The van der Waals surface area contributed by atoms with Crippen LogP contribution in [-0.2, 0) is 24.3 Å². The van der Waals surface area contributed by atoms with E-state index in [0.717, 1.165) is 6.26 Å². The molecule has 0 radical (unpaired) electrons. The molecule has 8 nitrogen and oxygen atoms in total. The molecule has 9 heteroatoms. The molecular formula is C12H19N3O5S. The van der Waals surface area contributed by atoms with Gasteiger partial charge in [-0.05, 0) is 0 Å². The number of carbonyl (C=O) groups excluding carboxylic acids is 2.